The van der Waals surface area contributed by atoms with Crippen LogP contribution in [0.3, 0.4) is 0 Å². The summed E-state index contributed by atoms with van der Waals surface area (Å²) in [5.41, 5.74) is 1.69. The number of piperidine rings is 1. The molecule has 0 radical (unpaired) electrons. The highest BCUT2D eigenvalue weighted by molar-refractivity contribution is 5.97. The van der Waals surface area contributed by atoms with Crippen molar-refractivity contribution in [2.45, 2.75) is 58.0 Å². The summed E-state index contributed by atoms with van der Waals surface area (Å²) in [6.45, 7) is 5.18. The number of amides is 3. The maximum Gasteiger partial charge on any atom is 0.251 e. The van der Waals surface area contributed by atoms with Crippen LogP contribution in [-0.2, 0) is 16.0 Å². The first-order valence-electron chi connectivity index (χ1n) is 12.0. The Hall–Kier alpha value is -3.15. The van der Waals surface area contributed by atoms with Crippen molar-refractivity contribution in [2.24, 2.45) is 5.92 Å². The predicted molar refractivity (Wildman–Crippen MR) is 130 cm³/mol. The quantitative estimate of drug-likeness (QED) is 0.614. The molecule has 6 heteroatoms. The fraction of sp³-hybridized carbons (Fsp3) is 0.444. The van der Waals surface area contributed by atoms with Crippen LogP contribution in [0.1, 0.15) is 55.5 Å². The molecule has 1 fully saturated rings. The zero-order valence-electron chi connectivity index (χ0n) is 19.6. The molecule has 6 nitrogen and oxygen atoms in total. The molecule has 2 aromatic rings. The molecule has 2 atom stereocenters. The van der Waals surface area contributed by atoms with Crippen LogP contribution in [0, 0.1) is 5.92 Å². The Morgan fingerprint density at radius 3 is 2.15 bits per heavy atom. The molecule has 1 aliphatic heterocycles. The molecule has 2 N–H and O–H groups in total. The van der Waals surface area contributed by atoms with Gasteiger partial charge in [0.05, 0.1) is 0 Å². The molecule has 0 spiro atoms. The summed E-state index contributed by atoms with van der Waals surface area (Å²) in [5, 5.41) is 5.99. The van der Waals surface area contributed by atoms with E-state index in [1.165, 1.54) is 0 Å². The van der Waals surface area contributed by atoms with Gasteiger partial charge in [0.2, 0.25) is 11.8 Å². The summed E-state index contributed by atoms with van der Waals surface area (Å²) < 4.78 is 0. The number of aryl methyl sites for hydroxylation is 1. The van der Waals surface area contributed by atoms with E-state index in [4.69, 9.17) is 0 Å². The lowest BCUT2D eigenvalue weighted by Gasteiger charge is -2.36. The Morgan fingerprint density at radius 1 is 0.939 bits per heavy atom. The summed E-state index contributed by atoms with van der Waals surface area (Å²) in [5.74, 6) is -0.269. The Bertz CT molecular complexity index is 909. The number of nitrogens with one attached hydrogen (secondary N) is 2. The van der Waals surface area contributed by atoms with Gasteiger partial charge in [0.25, 0.3) is 5.91 Å². The van der Waals surface area contributed by atoms with Crippen LogP contribution in [0.5, 0.6) is 0 Å². The normalized spacial score (nSPS) is 16.0. The van der Waals surface area contributed by atoms with E-state index in [0.29, 0.717) is 37.9 Å². The van der Waals surface area contributed by atoms with Crippen molar-refractivity contribution in [3.05, 3.63) is 71.8 Å². The summed E-state index contributed by atoms with van der Waals surface area (Å²) >= 11 is 0. The van der Waals surface area contributed by atoms with E-state index in [0.717, 1.165) is 18.4 Å². The Morgan fingerprint density at radius 2 is 1.55 bits per heavy atom. The molecule has 1 aliphatic rings. The zero-order chi connectivity index (χ0) is 23.6. The van der Waals surface area contributed by atoms with Crippen molar-refractivity contribution >= 4 is 17.7 Å². The topological polar surface area (TPSA) is 78.5 Å². The average Bonchev–Trinajstić information content (AvgIpc) is 2.86. The maximum atomic E-state index is 13.0. The summed E-state index contributed by atoms with van der Waals surface area (Å²) in [6, 6.07) is 18.4. The molecular weight excluding hydrogens is 414 g/mol. The lowest BCUT2D eigenvalue weighted by Crippen LogP contribution is -2.55. The minimum Gasteiger partial charge on any atom is -0.352 e. The van der Waals surface area contributed by atoms with Gasteiger partial charge in [-0.05, 0) is 56.2 Å². The van der Waals surface area contributed by atoms with Crippen LogP contribution in [0.25, 0.3) is 0 Å². The summed E-state index contributed by atoms with van der Waals surface area (Å²) in [7, 11) is 0. The third-order valence-electron chi connectivity index (χ3n) is 6.44. The first-order chi connectivity index (χ1) is 16.0. The van der Waals surface area contributed by atoms with E-state index in [1.54, 1.807) is 12.1 Å². The van der Waals surface area contributed by atoms with Gasteiger partial charge in [0.1, 0.15) is 6.04 Å². The van der Waals surface area contributed by atoms with Crippen molar-refractivity contribution in [1.29, 1.82) is 0 Å². The number of carbonyl (C=O) groups is 3. The largest absolute Gasteiger partial charge is 0.352 e. The molecule has 2 aromatic carbocycles. The van der Waals surface area contributed by atoms with Crippen LogP contribution < -0.4 is 10.6 Å². The van der Waals surface area contributed by atoms with E-state index < -0.39 is 6.04 Å². The van der Waals surface area contributed by atoms with Crippen LogP contribution in [0.15, 0.2) is 60.7 Å². The second-order valence-electron chi connectivity index (χ2n) is 8.84. The van der Waals surface area contributed by atoms with Crippen molar-refractivity contribution in [1.82, 2.24) is 15.5 Å². The van der Waals surface area contributed by atoms with Gasteiger partial charge < -0.3 is 15.5 Å². The van der Waals surface area contributed by atoms with Crippen LogP contribution >= 0.6 is 0 Å². The number of likely N-dealkylation sites (tertiary alicyclic amines) is 1. The average molecular weight is 450 g/mol. The highest BCUT2D eigenvalue weighted by Gasteiger charge is 2.34. The zero-order valence-corrected chi connectivity index (χ0v) is 19.6. The first kappa shape index (κ1) is 24.5. The molecule has 0 bridgehead atoms. The highest BCUT2D eigenvalue weighted by atomic mass is 16.2. The first-order valence-corrected chi connectivity index (χ1v) is 12.0. The summed E-state index contributed by atoms with van der Waals surface area (Å²) in [4.78, 5) is 40.4. The number of nitrogens with zero attached hydrogens (tertiary/aromatic N) is 1. The van der Waals surface area contributed by atoms with Crippen LogP contribution in [0.4, 0.5) is 0 Å². The Kier molecular flexibility index (Phi) is 9.04. The molecule has 3 amide bonds. The number of hydrogen-bond donors (Lipinski definition) is 2. The predicted octanol–water partition coefficient (Wildman–Crippen LogP) is 3.57. The molecule has 0 aliphatic carbocycles. The fourth-order valence-electron chi connectivity index (χ4n) is 4.18. The lowest BCUT2D eigenvalue weighted by molar-refractivity contribution is -0.133. The maximum absolute atomic E-state index is 13.0. The number of hydrogen-bond acceptors (Lipinski definition) is 3. The SMILES string of the molecule is CC[C@@H](C)NC(=O)[C@@H](NC(=O)c1ccccc1)C1CCN(C(=O)CCc2ccccc2)CC1. The fourth-order valence-corrected chi connectivity index (χ4v) is 4.18. The van der Waals surface area contributed by atoms with E-state index >= 15 is 0 Å². The molecular formula is C27H35N3O3. The Balaban J connectivity index is 1.59. The van der Waals surface area contributed by atoms with E-state index in [2.05, 4.69) is 10.6 Å². The molecule has 0 saturated carbocycles. The van der Waals surface area contributed by atoms with Crippen LogP contribution in [-0.4, -0.2) is 47.8 Å². The monoisotopic (exact) mass is 449 g/mol. The minimum absolute atomic E-state index is 0.0140. The molecule has 0 aromatic heterocycles. The second kappa shape index (κ2) is 12.2. The molecule has 3 rings (SSSR count). The van der Waals surface area contributed by atoms with Crippen molar-refractivity contribution in [3.63, 3.8) is 0 Å². The minimum atomic E-state index is -0.617. The third-order valence-corrected chi connectivity index (χ3v) is 6.44. The highest BCUT2D eigenvalue weighted by Crippen LogP contribution is 2.23. The van der Waals surface area contributed by atoms with E-state index in [9.17, 15) is 14.4 Å². The third kappa shape index (κ3) is 7.17. The van der Waals surface area contributed by atoms with Gasteiger partial charge in [0.15, 0.2) is 0 Å². The van der Waals surface area contributed by atoms with Crippen molar-refractivity contribution in [3.8, 4) is 0 Å². The van der Waals surface area contributed by atoms with Gasteiger partial charge in [0, 0.05) is 31.1 Å². The van der Waals surface area contributed by atoms with Gasteiger partial charge >= 0.3 is 0 Å². The molecule has 0 unspecified atom stereocenters. The molecule has 176 valence electrons. The number of carbonyl (C=O) groups excluding carboxylic acids is 3. The van der Waals surface area contributed by atoms with Gasteiger partial charge in [-0.1, -0.05) is 55.5 Å². The standard InChI is InChI=1S/C27H35N3O3/c1-3-20(2)28-27(33)25(29-26(32)23-12-8-5-9-13-23)22-16-18-30(19-17-22)24(31)15-14-21-10-6-4-7-11-21/h4-13,20,22,25H,3,14-19H2,1-2H3,(H,28,33)(H,29,32)/t20-,25+/m1/s1. The smallest absolute Gasteiger partial charge is 0.251 e. The molecule has 1 saturated heterocycles. The van der Waals surface area contributed by atoms with Gasteiger partial charge in [-0.3, -0.25) is 14.4 Å². The number of benzene rings is 2. The summed E-state index contributed by atoms with van der Waals surface area (Å²) in [6.07, 6.45) is 3.40. The van der Waals surface area contributed by atoms with E-state index in [-0.39, 0.29) is 29.7 Å². The second-order valence-corrected chi connectivity index (χ2v) is 8.84. The van der Waals surface area contributed by atoms with Crippen molar-refractivity contribution < 1.29 is 14.4 Å². The van der Waals surface area contributed by atoms with Crippen LogP contribution in [0.2, 0.25) is 0 Å². The van der Waals surface area contributed by atoms with Gasteiger partial charge in [-0.15, -0.1) is 0 Å². The molecule has 33 heavy (non-hydrogen) atoms. The van der Waals surface area contributed by atoms with Gasteiger partial charge in [-0.25, -0.2) is 0 Å². The Labute approximate surface area is 196 Å². The van der Waals surface area contributed by atoms with Gasteiger partial charge in [-0.2, -0.15) is 0 Å². The molecule has 1 heterocycles. The number of rotatable bonds is 9. The van der Waals surface area contributed by atoms with Crippen molar-refractivity contribution in [2.75, 3.05) is 13.1 Å². The van der Waals surface area contributed by atoms with E-state index in [1.807, 2.05) is 67.3 Å². The lowest BCUT2D eigenvalue weighted by atomic mass is 9.88.